The van der Waals surface area contributed by atoms with Gasteiger partial charge in [-0.1, -0.05) is 42.5 Å². The number of carbonyl (C=O) groups is 2. The molecule has 0 spiro atoms. The van der Waals surface area contributed by atoms with Crippen LogP contribution in [0.5, 0.6) is 0 Å². The van der Waals surface area contributed by atoms with Gasteiger partial charge < -0.3 is 14.6 Å². The first-order valence-corrected chi connectivity index (χ1v) is 9.68. The van der Waals surface area contributed by atoms with E-state index in [1.165, 1.54) is 4.90 Å². The molecule has 0 unspecified atom stereocenters. The van der Waals surface area contributed by atoms with E-state index in [0.717, 1.165) is 33.9 Å². The van der Waals surface area contributed by atoms with Crippen LogP contribution in [0.15, 0.2) is 65.1 Å². The van der Waals surface area contributed by atoms with E-state index >= 15 is 0 Å². The third-order valence-corrected chi connectivity index (χ3v) is 4.99. The molecule has 2 aromatic carbocycles. The zero-order chi connectivity index (χ0) is 20.8. The second kappa shape index (κ2) is 9.24. The number of aryl methyl sites for hydroxylation is 2. The molecule has 0 aliphatic carbocycles. The summed E-state index contributed by atoms with van der Waals surface area (Å²) in [6, 6.07) is 19.4. The molecular weight excluding hydrogens is 364 g/mol. The van der Waals surface area contributed by atoms with Crippen LogP contribution in [0.1, 0.15) is 23.3 Å². The third-order valence-electron chi connectivity index (χ3n) is 4.99. The maximum Gasteiger partial charge on any atom is 0.243 e. The van der Waals surface area contributed by atoms with Gasteiger partial charge in [0.05, 0.1) is 6.54 Å². The molecular formula is C24H26N2O3. The molecule has 2 amide bonds. The van der Waals surface area contributed by atoms with Gasteiger partial charge in [-0.25, -0.2) is 0 Å². The van der Waals surface area contributed by atoms with Gasteiger partial charge in [0.25, 0.3) is 0 Å². The van der Waals surface area contributed by atoms with Crippen molar-refractivity contribution in [3.63, 3.8) is 0 Å². The molecule has 150 valence electrons. The summed E-state index contributed by atoms with van der Waals surface area (Å²) in [5.41, 5.74) is 3.92. The van der Waals surface area contributed by atoms with Crippen molar-refractivity contribution in [2.45, 2.75) is 26.7 Å². The normalized spacial score (nSPS) is 10.6. The molecule has 0 saturated heterocycles. The Kier molecular flexibility index (Phi) is 6.50. The van der Waals surface area contributed by atoms with Crippen molar-refractivity contribution in [1.29, 1.82) is 0 Å². The average Bonchev–Trinajstić information content (AvgIpc) is 3.19. The van der Waals surface area contributed by atoms with Gasteiger partial charge in [0.2, 0.25) is 11.8 Å². The SMILES string of the molecule is Cc1cccc(NC(=O)CN(C)C(=O)CCc2ccc(-c3ccccc3)o2)c1C. The monoisotopic (exact) mass is 390 g/mol. The lowest BCUT2D eigenvalue weighted by Crippen LogP contribution is -2.35. The Morgan fingerprint density at radius 3 is 2.48 bits per heavy atom. The largest absolute Gasteiger partial charge is 0.461 e. The van der Waals surface area contributed by atoms with Crippen LogP contribution in [0.25, 0.3) is 11.3 Å². The zero-order valence-corrected chi connectivity index (χ0v) is 17.1. The highest BCUT2D eigenvalue weighted by molar-refractivity contribution is 5.95. The summed E-state index contributed by atoms with van der Waals surface area (Å²) in [6.45, 7) is 3.98. The molecule has 0 atom stereocenters. The molecule has 1 aromatic heterocycles. The Hall–Kier alpha value is -3.34. The lowest BCUT2D eigenvalue weighted by Gasteiger charge is -2.17. The first-order valence-electron chi connectivity index (χ1n) is 9.68. The van der Waals surface area contributed by atoms with E-state index < -0.39 is 0 Å². The minimum Gasteiger partial charge on any atom is -0.461 e. The highest BCUT2D eigenvalue weighted by Gasteiger charge is 2.15. The second-order valence-electron chi connectivity index (χ2n) is 7.18. The lowest BCUT2D eigenvalue weighted by atomic mass is 10.1. The molecule has 0 saturated carbocycles. The van der Waals surface area contributed by atoms with Crippen LogP contribution in [-0.4, -0.2) is 30.3 Å². The summed E-state index contributed by atoms with van der Waals surface area (Å²) in [5.74, 6) is 1.23. The Bertz CT molecular complexity index is 992. The smallest absolute Gasteiger partial charge is 0.243 e. The molecule has 0 aliphatic heterocycles. The van der Waals surface area contributed by atoms with Crippen molar-refractivity contribution in [2.24, 2.45) is 0 Å². The van der Waals surface area contributed by atoms with Gasteiger partial charge in [0.1, 0.15) is 11.5 Å². The summed E-state index contributed by atoms with van der Waals surface area (Å²) in [5, 5.41) is 2.88. The predicted octanol–water partition coefficient (Wildman–Crippen LogP) is 4.59. The van der Waals surface area contributed by atoms with Gasteiger partial charge in [-0.3, -0.25) is 9.59 Å². The van der Waals surface area contributed by atoms with Crippen molar-refractivity contribution in [3.05, 3.63) is 77.6 Å². The molecule has 3 aromatic rings. The number of hydrogen-bond acceptors (Lipinski definition) is 3. The molecule has 3 rings (SSSR count). The number of nitrogens with one attached hydrogen (secondary N) is 1. The Morgan fingerprint density at radius 2 is 1.72 bits per heavy atom. The number of carbonyl (C=O) groups excluding carboxylic acids is 2. The first kappa shape index (κ1) is 20.4. The van der Waals surface area contributed by atoms with E-state index in [4.69, 9.17) is 4.42 Å². The summed E-state index contributed by atoms with van der Waals surface area (Å²) in [7, 11) is 1.64. The molecule has 5 heteroatoms. The highest BCUT2D eigenvalue weighted by atomic mass is 16.3. The van der Waals surface area contributed by atoms with Crippen molar-refractivity contribution in [1.82, 2.24) is 4.90 Å². The minimum absolute atomic E-state index is 0.0135. The maximum absolute atomic E-state index is 12.4. The zero-order valence-electron chi connectivity index (χ0n) is 17.1. The Morgan fingerprint density at radius 1 is 0.966 bits per heavy atom. The predicted molar refractivity (Wildman–Crippen MR) is 115 cm³/mol. The fourth-order valence-electron chi connectivity index (χ4n) is 3.07. The van der Waals surface area contributed by atoms with Crippen LogP contribution in [0.3, 0.4) is 0 Å². The van der Waals surface area contributed by atoms with Crippen molar-refractivity contribution in [2.75, 3.05) is 18.9 Å². The number of furan rings is 1. The van der Waals surface area contributed by atoms with Gasteiger partial charge in [-0.2, -0.15) is 0 Å². The van der Waals surface area contributed by atoms with Crippen molar-refractivity contribution in [3.8, 4) is 11.3 Å². The topological polar surface area (TPSA) is 62.6 Å². The van der Waals surface area contributed by atoms with Gasteiger partial charge in [-0.15, -0.1) is 0 Å². The van der Waals surface area contributed by atoms with E-state index in [1.807, 2.05) is 74.5 Å². The number of nitrogens with zero attached hydrogens (tertiary/aromatic N) is 1. The molecule has 1 N–H and O–H groups in total. The van der Waals surface area contributed by atoms with Crippen molar-refractivity contribution < 1.29 is 14.0 Å². The maximum atomic E-state index is 12.4. The van der Waals surface area contributed by atoms with E-state index in [9.17, 15) is 9.59 Å². The fraction of sp³-hybridized carbons (Fsp3) is 0.250. The number of rotatable bonds is 7. The van der Waals surface area contributed by atoms with Crippen LogP contribution in [0.2, 0.25) is 0 Å². The Balaban J connectivity index is 1.50. The molecule has 1 heterocycles. The van der Waals surface area contributed by atoms with Gasteiger partial charge >= 0.3 is 0 Å². The molecule has 0 bridgehead atoms. The van der Waals surface area contributed by atoms with E-state index in [-0.39, 0.29) is 24.8 Å². The van der Waals surface area contributed by atoms with Crippen LogP contribution in [-0.2, 0) is 16.0 Å². The summed E-state index contributed by atoms with van der Waals surface area (Å²) < 4.78 is 5.83. The number of benzene rings is 2. The highest BCUT2D eigenvalue weighted by Crippen LogP contribution is 2.22. The van der Waals surface area contributed by atoms with Gasteiger partial charge in [-0.05, 0) is 43.2 Å². The summed E-state index contributed by atoms with van der Waals surface area (Å²) in [6.07, 6.45) is 0.781. The minimum atomic E-state index is -0.209. The summed E-state index contributed by atoms with van der Waals surface area (Å²) in [4.78, 5) is 26.2. The molecule has 29 heavy (non-hydrogen) atoms. The number of likely N-dealkylation sites (N-methyl/N-ethyl adjacent to an activating group) is 1. The first-order chi connectivity index (χ1) is 13.9. The standard InChI is InChI=1S/C24H26N2O3/c1-17-8-7-11-21(18(17)2)25-23(27)16-26(3)24(28)15-13-20-12-14-22(29-20)19-9-5-4-6-10-19/h4-12,14H,13,15-16H2,1-3H3,(H,25,27). The number of anilines is 1. The van der Waals surface area contributed by atoms with E-state index in [2.05, 4.69) is 5.32 Å². The van der Waals surface area contributed by atoms with Crippen LogP contribution in [0.4, 0.5) is 5.69 Å². The fourth-order valence-corrected chi connectivity index (χ4v) is 3.07. The Labute approximate surface area is 171 Å². The van der Waals surface area contributed by atoms with Crippen LogP contribution < -0.4 is 5.32 Å². The second-order valence-corrected chi connectivity index (χ2v) is 7.18. The van der Waals surface area contributed by atoms with Crippen LogP contribution >= 0.6 is 0 Å². The van der Waals surface area contributed by atoms with Crippen molar-refractivity contribution >= 4 is 17.5 Å². The van der Waals surface area contributed by atoms with Gasteiger partial charge in [0.15, 0.2) is 0 Å². The third kappa shape index (κ3) is 5.35. The molecule has 0 aliphatic rings. The quantitative estimate of drug-likeness (QED) is 0.642. The van der Waals surface area contributed by atoms with E-state index in [0.29, 0.717) is 6.42 Å². The lowest BCUT2D eigenvalue weighted by molar-refractivity contribution is -0.133. The van der Waals surface area contributed by atoms with Gasteiger partial charge in [0, 0.05) is 31.1 Å². The number of amides is 2. The molecule has 0 fully saturated rings. The average molecular weight is 390 g/mol. The summed E-state index contributed by atoms with van der Waals surface area (Å²) >= 11 is 0. The number of hydrogen-bond donors (Lipinski definition) is 1. The van der Waals surface area contributed by atoms with Crippen LogP contribution in [0, 0.1) is 13.8 Å². The molecule has 5 nitrogen and oxygen atoms in total. The molecule has 0 radical (unpaired) electrons. The van der Waals surface area contributed by atoms with E-state index in [1.54, 1.807) is 7.05 Å².